The van der Waals surface area contributed by atoms with Crippen LogP contribution in [0.3, 0.4) is 0 Å². The fraction of sp³-hybridized carbons (Fsp3) is 0.500. The third-order valence-corrected chi connectivity index (χ3v) is 3.79. The lowest BCUT2D eigenvalue weighted by Gasteiger charge is -2.37. The summed E-state index contributed by atoms with van der Waals surface area (Å²) in [6.45, 7) is 2.81. The van der Waals surface area contributed by atoms with E-state index >= 15 is 0 Å². The minimum absolute atomic E-state index is 0.0744. The lowest BCUT2D eigenvalue weighted by atomic mass is 9.85. The highest BCUT2D eigenvalue weighted by Crippen LogP contribution is 2.28. The second-order valence-electron chi connectivity index (χ2n) is 5.01. The first-order chi connectivity index (χ1) is 8.99. The SMILES string of the molecule is CC(Cl)C(=O)N1CCC(c2ccc(F)cc2)C(N)C1. The number of hydrogen-bond donors (Lipinski definition) is 1. The van der Waals surface area contributed by atoms with Crippen LogP contribution in [0.5, 0.6) is 0 Å². The van der Waals surface area contributed by atoms with Crippen molar-refractivity contribution in [2.45, 2.75) is 30.7 Å². The number of halogens is 2. The Kier molecular flexibility index (Phi) is 4.42. The molecule has 1 saturated heterocycles. The molecule has 0 bridgehead atoms. The van der Waals surface area contributed by atoms with Crippen LogP contribution in [0.15, 0.2) is 24.3 Å². The van der Waals surface area contributed by atoms with Crippen molar-refractivity contribution in [3.63, 3.8) is 0 Å². The van der Waals surface area contributed by atoms with E-state index in [1.54, 1.807) is 24.0 Å². The van der Waals surface area contributed by atoms with Gasteiger partial charge in [-0.3, -0.25) is 4.79 Å². The van der Waals surface area contributed by atoms with Gasteiger partial charge in [-0.25, -0.2) is 4.39 Å². The molecule has 0 saturated carbocycles. The van der Waals surface area contributed by atoms with E-state index in [1.807, 2.05) is 0 Å². The highest BCUT2D eigenvalue weighted by Gasteiger charge is 2.31. The fourth-order valence-corrected chi connectivity index (χ4v) is 2.70. The van der Waals surface area contributed by atoms with Crippen LogP contribution >= 0.6 is 11.6 Å². The highest BCUT2D eigenvalue weighted by atomic mass is 35.5. The van der Waals surface area contributed by atoms with E-state index in [9.17, 15) is 9.18 Å². The van der Waals surface area contributed by atoms with Crippen molar-refractivity contribution in [2.75, 3.05) is 13.1 Å². The predicted octanol–water partition coefficient (Wildman–Crippen LogP) is 2.10. The molecular formula is C14H18ClFN2O. The number of nitrogens with two attached hydrogens (primary N) is 1. The van der Waals surface area contributed by atoms with Gasteiger partial charge in [-0.1, -0.05) is 12.1 Å². The highest BCUT2D eigenvalue weighted by molar-refractivity contribution is 6.30. The minimum atomic E-state index is -0.519. The number of likely N-dealkylation sites (tertiary alicyclic amines) is 1. The number of benzene rings is 1. The lowest BCUT2D eigenvalue weighted by Crippen LogP contribution is -2.51. The standard InChI is InChI=1S/C14H18ClFN2O/c1-9(15)14(19)18-7-6-12(13(17)8-18)10-2-4-11(16)5-3-10/h2-5,9,12-13H,6-8,17H2,1H3. The van der Waals surface area contributed by atoms with Crippen LogP contribution in [0.1, 0.15) is 24.8 Å². The predicted molar refractivity (Wildman–Crippen MR) is 73.6 cm³/mol. The Hall–Kier alpha value is -1.13. The molecule has 0 spiro atoms. The first-order valence-corrected chi connectivity index (χ1v) is 6.86. The van der Waals surface area contributed by atoms with Gasteiger partial charge in [-0.15, -0.1) is 11.6 Å². The maximum Gasteiger partial charge on any atom is 0.240 e. The molecule has 2 rings (SSSR count). The van der Waals surface area contributed by atoms with Gasteiger partial charge in [-0.05, 0) is 31.0 Å². The Bertz CT molecular complexity index is 449. The van der Waals surface area contributed by atoms with Crippen molar-refractivity contribution < 1.29 is 9.18 Å². The van der Waals surface area contributed by atoms with E-state index in [1.165, 1.54) is 12.1 Å². The van der Waals surface area contributed by atoms with E-state index in [0.717, 1.165) is 12.0 Å². The summed E-state index contributed by atoms with van der Waals surface area (Å²) in [7, 11) is 0. The van der Waals surface area contributed by atoms with Crippen LogP contribution in [0.25, 0.3) is 0 Å². The monoisotopic (exact) mass is 284 g/mol. The molecule has 104 valence electrons. The molecule has 0 aromatic heterocycles. The largest absolute Gasteiger partial charge is 0.340 e. The van der Waals surface area contributed by atoms with Crippen LogP contribution < -0.4 is 5.73 Å². The van der Waals surface area contributed by atoms with Crippen LogP contribution in [0.4, 0.5) is 4.39 Å². The van der Waals surface area contributed by atoms with E-state index in [-0.39, 0.29) is 23.7 Å². The smallest absolute Gasteiger partial charge is 0.240 e. The number of carbonyl (C=O) groups excluding carboxylic acids is 1. The molecule has 2 N–H and O–H groups in total. The van der Waals surface area contributed by atoms with Crippen molar-refractivity contribution in [1.29, 1.82) is 0 Å². The summed E-state index contributed by atoms with van der Waals surface area (Å²) in [5, 5.41) is -0.519. The molecular weight excluding hydrogens is 267 g/mol. The molecule has 1 aromatic carbocycles. The van der Waals surface area contributed by atoms with Crippen molar-refractivity contribution in [3.05, 3.63) is 35.6 Å². The maximum atomic E-state index is 12.9. The average Bonchev–Trinajstić information content (AvgIpc) is 2.39. The zero-order valence-electron chi connectivity index (χ0n) is 10.9. The molecule has 0 radical (unpaired) electrons. The maximum absolute atomic E-state index is 12.9. The number of hydrogen-bond acceptors (Lipinski definition) is 2. The van der Waals surface area contributed by atoms with Gasteiger partial charge in [0.15, 0.2) is 0 Å². The van der Waals surface area contributed by atoms with Crippen molar-refractivity contribution in [1.82, 2.24) is 4.90 Å². The Morgan fingerprint density at radius 1 is 1.47 bits per heavy atom. The Morgan fingerprint density at radius 2 is 2.11 bits per heavy atom. The van der Waals surface area contributed by atoms with Gasteiger partial charge in [0, 0.05) is 25.0 Å². The van der Waals surface area contributed by atoms with E-state index in [2.05, 4.69) is 0 Å². The summed E-state index contributed by atoms with van der Waals surface area (Å²) in [4.78, 5) is 13.5. The lowest BCUT2D eigenvalue weighted by molar-refractivity contribution is -0.131. The normalized spacial score (nSPS) is 25.2. The number of rotatable bonds is 2. The summed E-state index contributed by atoms with van der Waals surface area (Å²) in [6, 6.07) is 6.28. The van der Waals surface area contributed by atoms with E-state index in [0.29, 0.717) is 13.1 Å². The summed E-state index contributed by atoms with van der Waals surface area (Å²) >= 11 is 5.81. The number of amides is 1. The fourth-order valence-electron chi connectivity index (χ4n) is 2.56. The van der Waals surface area contributed by atoms with Gasteiger partial charge >= 0.3 is 0 Å². The van der Waals surface area contributed by atoms with E-state index in [4.69, 9.17) is 17.3 Å². The number of alkyl halides is 1. The quantitative estimate of drug-likeness (QED) is 0.846. The number of carbonyl (C=O) groups is 1. The minimum Gasteiger partial charge on any atom is -0.340 e. The Labute approximate surface area is 117 Å². The number of piperidine rings is 1. The van der Waals surface area contributed by atoms with Crippen molar-refractivity contribution in [3.8, 4) is 0 Å². The summed E-state index contributed by atoms with van der Waals surface area (Å²) < 4.78 is 12.9. The average molecular weight is 285 g/mol. The van der Waals surface area contributed by atoms with Crippen molar-refractivity contribution >= 4 is 17.5 Å². The first-order valence-electron chi connectivity index (χ1n) is 6.43. The first kappa shape index (κ1) is 14.3. The summed E-state index contributed by atoms with van der Waals surface area (Å²) in [6.07, 6.45) is 0.780. The van der Waals surface area contributed by atoms with Gasteiger partial charge in [0.2, 0.25) is 5.91 Å². The molecule has 1 heterocycles. The molecule has 3 unspecified atom stereocenters. The van der Waals surface area contributed by atoms with Crippen LogP contribution in [0, 0.1) is 5.82 Å². The third-order valence-electron chi connectivity index (χ3n) is 3.61. The second kappa shape index (κ2) is 5.88. The van der Waals surface area contributed by atoms with Gasteiger partial charge in [0.05, 0.1) is 0 Å². The molecule has 1 fully saturated rings. The molecule has 3 atom stereocenters. The molecule has 0 aliphatic carbocycles. The molecule has 3 nitrogen and oxygen atoms in total. The van der Waals surface area contributed by atoms with Gasteiger partial charge in [0.25, 0.3) is 0 Å². The molecule has 1 aromatic rings. The molecule has 1 amide bonds. The Morgan fingerprint density at radius 3 is 2.63 bits per heavy atom. The van der Waals surface area contributed by atoms with Crippen molar-refractivity contribution in [2.24, 2.45) is 5.73 Å². The topological polar surface area (TPSA) is 46.3 Å². The molecule has 5 heteroatoms. The summed E-state index contributed by atoms with van der Waals surface area (Å²) in [5.74, 6) is -0.161. The zero-order valence-corrected chi connectivity index (χ0v) is 11.6. The van der Waals surface area contributed by atoms with Gasteiger partial charge < -0.3 is 10.6 Å². The van der Waals surface area contributed by atoms with Crippen LogP contribution in [-0.2, 0) is 4.79 Å². The van der Waals surface area contributed by atoms with Crippen LogP contribution in [-0.4, -0.2) is 35.3 Å². The third kappa shape index (κ3) is 3.25. The summed E-state index contributed by atoms with van der Waals surface area (Å²) in [5.41, 5.74) is 7.17. The van der Waals surface area contributed by atoms with Crippen LogP contribution in [0.2, 0.25) is 0 Å². The molecule has 1 aliphatic rings. The van der Waals surface area contributed by atoms with E-state index < -0.39 is 5.38 Å². The second-order valence-corrected chi connectivity index (χ2v) is 5.67. The number of nitrogens with zero attached hydrogens (tertiary/aromatic N) is 1. The molecule has 1 aliphatic heterocycles. The zero-order chi connectivity index (χ0) is 14.0. The van der Waals surface area contributed by atoms with Gasteiger partial charge in [0.1, 0.15) is 11.2 Å². The molecule has 19 heavy (non-hydrogen) atoms. The van der Waals surface area contributed by atoms with Gasteiger partial charge in [-0.2, -0.15) is 0 Å². The Balaban J connectivity index is 2.05.